The Hall–Kier alpha value is -1.38. The topological polar surface area (TPSA) is 265 Å². The summed E-state index contributed by atoms with van der Waals surface area (Å²) in [6.45, 7) is 0.599. The van der Waals surface area contributed by atoms with E-state index in [9.17, 15) is 55.5 Å². The molecule has 36 heavy (non-hydrogen) atoms. The lowest BCUT2D eigenvalue weighted by molar-refractivity contribution is -0.374. The summed E-state index contributed by atoms with van der Waals surface area (Å²) in [6, 6.07) is -1.61. The van der Waals surface area contributed by atoms with E-state index in [1.54, 1.807) is 0 Å². The largest absolute Gasteiger partial charge is 0.394 e. The molecule has 2 fully saturated rings. The van der Waals surface area contributed by atoms with Crippen LogP contribution in [0.5, 0.6) is 0 Å². The lowest BCUT2D eigenvalue weighted by atomic mass is 9.97. The monoisotopic (exact) mass is 529 g/mol. The summed E-state index contributed by atoms with van der Waals surface area (Å²) >= 11 is 0. The van der Waals surface area contributed by atoms with Gasteiger partial charge in [-0.2, -0.15) is 0 Å². The molecule has 0 bridgehead atoms. The molecule has 2 saturated heterocycles. The van der Waals surface area contributed by atoms with Crippen molar-refractivity contribution in [1.29, 1.82) is 0 Å². The lowest BCUT2D eigenvalue weighted by Crippen LogP contribution is -2.65. The number of ether oxygens (including phenoxy) is 4. The quantitative estimate of drug-likeness (QED) is 0.111. The van der Waals surface area contributed by atoms with Gasteiger partial charge >= 0.3 is 0 Å². The molecule has 1 amide bonds. The number of carbonyl (C=O) groups is 2. The van der Waals surface area contributed by atoms with Crippen LogP contribution in [0, 0.1) is 0 Å². The third kappa shape index (κ3) is 6.93. The molecule has 0 aromatic heterocycles. The van der Waals surface area contributed by atoms with Gasteiger partial charge in [0.05, 0.1) is 19.3 Å². The fourth-order valence-corrected chi connectivity index (χ4v) is 3.89. The molecule has 0 unspecified atom stereocenters. The minimum Gasteiger partial charge on any atom is -0.394 e. The number of aldehydes is 1. The van der Waals surface area contributed by atoms with Crippen molar-refractivity contribution in [2.45, 2.75) is 99.6 Å². The SMILES string of the molecule is CC(=O)N[C@@H](C=O)[C@@H](O)[C@H](O[C@@H]1O[C@H](CO)[C@H](O)[C@H](O)[C@H]1O[C@@H]1O[C@@H](C)[C@@H](O)[C@@H](O)[C@@H]1O)[C@H](O)CO. The highest BCUT2D eigenvalue weighted by atomic mass is 16.8. The van der Waals surface area contributed by atoms with E-state index in [4.69, 9.17) is 18.9 Å². The van der Waals surface area contributed by atoms with Gasteiger partial charge in [0.1, 0.15) is 73.4 Å². The van der Waals surface area contributed by atoms with Gasteiger partial charge in [0, 0.05) is 6.92 Å². The van der Waals surface area contributed by atoms with Crippen LogP contribution in [-0.4, -0.2) is 157 Å². The van der Waals surface area contributed by atoms with Crippen LogP contribution in [-0.2, 0) is 28.5 Å². The molecule has 0 aromatic rings. The summed E-state index contributed by atoms with van der Waals surface area (Å²) in [4.78, 5) is 22.8. The average Bonchev–Trinajstić information content (AvgIpc) is 2.85. The van der Waals surface area contributed by atoms with Gasteiger partial charge < -0.3 is 75.0 Å². The summed E-state index contributed by atoms with van der Waals surface area (Å²) in [5.41, 5.74) is 0. The second kappa shape index (κ2) is 13.4. The molecule has 16 nitrogen and oxygen atoms in total. The maximum Gasteiger partial charge on any atom is 0.217 e. The first-order valence-corrected chi connectivity index (χ1v) is 11.2. The van der Waals surface area contributed by atoms with Crippen LogP contribution in [0.15, 0.2) is 0 Å². The van der Waals surface area contributed by atoms with E-state index in [0.717, 1.165) is 6.92 Å². The van der Waals surface area contributed by atoms with Crippen LogP contribution in [0.2, 0.25) is 0 Å². The van der Waals surface area contributed by atoms with Crippen LogP contribution in [0.1, 0.15) is 13.8 Å². The van der Waals surface area contributed by atoms with E-state index in [0.29, 0.717) is 0 Å². The standard InChI is InChI=1S/C20H35NO15/c1-6-11(27)14(30)16(32)19(33-6)36-18-15(31)13(29)10(5-24)34-20(18)35-17(9(26)4-23)12(28)8(3-22)21-7(2)25/h3,6,8-20,23-24,26-32H,4-5H2,1-2H3,(H,21,25)/t6-,8-,9+,10+,11+,12+,13-,14+,15-,16-,17+,18+,19-,20-/m0/s1. The zero-order valence-corrected chi connectivity index (χ0v) is 19.5. The highest BCUT2D eigenvalue weighted by molar-refractivity contribution is 5.77. The number of aliphatic hydroxyl groups is 9. The summed E-state index contributed by atoms with van der Waals surface area (Å²) in [7, 11) is 0. The predicted octanol–water partition coefficient (Wildman–Crippen LogP) is -6.56. The van der Waals surface area contributed by atoms with E-state index in [1.807, 2.05) is 0 Å². The molecule has 2 rings (SSSR count). The lowest BCUT2D eigenvalue weighted by Gasteiger charge is -2.46. The molecule has 0 spiro atoms. The number of hydrogen-bond acceptors (Lipinski definition) is 15. The first-order chi connectivity index (χ1) is 16.9. The molecule has 16 heteroatoms. The zero-order valence-electron chi connectivity index (χ0n) is 19.5. The van der Waals surface area contributed by atoms with Gasteiger partial charge in [-0.1, -0.05) is 0 Å². The Morgan fingerprint density at radius 2 is 1.61 bits per heavy atom. The molecule has 2 aliphatic rings. The van der Waals surface area contributed by atoms with Crippen LogP contribution < -0.4 is 5.32 Å². The first-order valence-electron chi connectivity index (χ1n) is 11.2. The number of rotatable bonds is 11. The Morgan fingerprint density at radius 1 is 0.972 bits per heavy atom. The van der Waals surface area contributed by atoms with Crippen molar-refractivity contribution in [2.24, 2.45) is 0 Å². The van der Waals surface area contributed by atoms with Crippen molar-refractivity contribution in [2.75, 3.05) is 13.2 Å². The first kappa shape index (κ1) is 30.8. The average molecular weight is 529 g/mol. The molecular formula is C20H35NO15. The number of amides is 1. The van der Waals surface area contributed by atoms with Crippen molar-refractivity contribution in [3.05, 3.63) is 0 Å². The highest BCUT2D eigenvalue weighted by Crippen LogP contribution is 2.31. The van der Waals surface area contributed by atoms with Gasteiger partial charge in [-0.15, -0.1) is 0 Å². The molecule has 10 N–H and O–H groups in total. The normalized spacial score (nSPS) is 40.6. The smallest absolute Gasteiger partial charge is 0.217 e. The summed E-state index contributed by atoms with van der Waals surface area (Å²) < 4.78 is 21.8. The van der Waals surface area contributed by atoms with Crippen LogP contribution >= 0.6 is 0 Å². The number of hydrogen-bond donors (Lipinski definition) is 10. The third-order valence-corrected chi connectivity index (χ3v) is 6.00. The maximum absolute atomic E-state index is 11.4. The van der Waals surface area contributed by atoms with Gasteiger partial charge in [0.2, 0.25) is 5.91 Å². The maximum atomic E-state index is 11.4. The van der Waals surface area contributed by atoms with E-state index in [2.05, 4.69) is 5.32 Å². The minimum absolute atomic E-state index is 0.150. The van der Waals surface area contributed by atoms with Crippen molar-refractivity contribution in [3.8, 4) is 0 Å². The van der Waals surface area contributed by atoms with Crippen molar-refractivity contribution in [1.82, 2.24) is 5.32 Å². The second-order valence-corrected chi connectivity index (χ2v) is 8.69. The Balaban J connectivity index is 2.35. The highest BCUT2D eigenvalue weighted by Gasteiger charge is 2.51. The van der Waals surface area contributed by atoms with Crippen LogP contribution in [0.25, 0.3) is 0 Å². The fraction of sp³-hybridized carbons (Fsp3) is 0.900. The van der Waals surface area contributed by atoms with Crippen LogP contribution in [0.4, 0.5) is 0 Å². The molecule has 0 aromatic carbocycles. The van der Waals surface area contributed by atoms with Crippen LogP contribution in [0.3, 0.4) is 0 Å². The van der Waals surface area contributed by atoms with Gasteiger partial charge in [0.25, 0.3) is 0 Å². The van der Waals surface area contributed by atoms with E-state index in [-0.39, 0.29) is 6.29 Å². The Kier molecular flexibility index (Phi) is 11.5. The molecule has 2 aliphatic heterocycles. The molecule has 2 heterocycles. The second-order valence-electron chi connectivity index (χ2n) is 8.69. The Bertz CT molecular complexity index is 715. The summed E-state index contributed by atoms with van der Waals surface area (Å²) in [5.74, 6) is -0.712. The minimum atomic E-state index is -1.97. The summed E-state index contributed by atoms with van der Waals surface area (Å²) in [6.07, 6.45) is -22.0. The Labute approximate surface area is 205 Å². The predicted molar refractivity (Wildman–Crippen MR) is 113 cm³/mol. The van der Waals surface area contributed by atoms with Crippen molar-refractivity contribution in [3.63, 3.8) is 0 Å². The number of carbonyl (C=O) groups excluding carboxylic acids is 2. The van der Waals surface area contributed by atoms with Crippen molar-refractivity contribution >= 4 is 12.2 Å². The molecule has 14 atom stereocenters. The van der Waals surface area contributed by atoms with Gasteiger partial charge in [-0.3, -0.25) is 4.79 Å². The van der Waals surface area contributed by atoms with Gasteiger partial charge in [-0.05, 0) is 6.92 Å². The Morgan fingerprint density at radius 3 is 2.14 bits per heavy atom. The molecule has 0 radical (unpaired) electrons. The van der Waals surface area contributed by atoms with Gasteiger partial charge in [0.15, 0.2) is 12.6 Å². The number of nitrogens with one attached hydrogen (secondary N) is 1. The molecular weight excluding hydrogens is 494 g/mol. The molecule has 0 aliphatic carbocycles. The van der Waals surface area contributed by atoms with E-state index >= 15 is 0 Å². The van der Waals surface area contributed by atoms with E-state index in [1.165, 1.54) is 6.92 Å². The summed E-state index contributed by atoms with van der Waals surface area (Å²) in [5, 5.41) is 93.0. The van der Waals surface area contributed by atoms with Gasteiger partial charge in [-0.25, -0.2) is 0 Å². The number of aliphatic hydroxyl groups excluding tert-OH is 9. The van der Waals surface area contributed by atoms with Crippen molar-refractivity contribution < 1.29 is 74.5 Å². The fourth-order valence-electron chi connectivity index (χ4n) is 3.89. The molecule has 210 valence electrons. The molecule has 0 saturated carbocycles. The zero-order chi connectivity index (χ0) is 27.3. The third-order valence-electron chi connectivity index (χ3n) is 6.00. The van der Waals surface area contributed by atoms with E-state index < -0.39 is 105 Å².